The van der Waals surface area contributed by atoms with Gasteiger partial charge in [-0.2, -0.15) is 0 Å². The highest BCUT2D eigenvalue weighted by molar-refractivity contribution is 7.99. The minimum absolute atomic E-state index is 0.154. The van der Waals surface area contributed by atoms with Crippen molar-refractivity contribution in [3.8, 4) is 17.0 Å². The van der Waals surface area contributed by atoms with Crippen molar-refractivity contribution in [2.45, 2.75) is 38.6 Å². The van der Waals surface area contributed by atoms with Crippen molar-refractivity contribution < 1.29 is 9.53 Å². The van der Waals surface area contributed by atoms with Crippen molar-refractivity contribution in [2.24, 2.45) is 0 Å². The minimum Gasteiger partial charge on any atom is -0.483 e. The van der Waals surface area contributed by atoms with Gasteiger partial charge in [-0.3, -0.25) is 4.79 Å². The third-order valence-corrected chi connectivity index (χ3v) is 6.93. The summed E-state index contributed by atoms with van der Waals surface area (Å²) in [5.41, 5.74) is 2.87. The quantitative estimate of drug-likeness (QED) is 0.266. The van der Waals surface area contributed by atoms with E-state index in [1.807, 2.05) is 79.2 Å². The molecule has 0 aliphatic heterocycles. The Bertz CT molecular complexity index is 1270. The number of amides is 1. The zero-order valence-corrected chi connectivity index (χ0v) is 21.4. The van der Waals surface area contributed by atoms with Crippen molar-refractivity contribution in [3.63, 3.8) is 0 Å². The van der Waals surface area contributed by atoms with E-state index in [-0.39, 0.29) is 17.8 Å². The van der Waals surface area contributed by atoms with Crippen LogP contribution in [0.4, 0.5) is 5.13 Å². The van der Waals surface area contributed by atoms with E-state index < -0.39 is 0 Å². The van der Waals surface area contributed by atoms with Gasteiger partial charge in [0.05, 0.1) is 11.4 Å². The van der Waals surface area contributed by atoms with E-state index in [0.29, 0.717) is 21.9 Å². The maximum Gasteiger partial charge on any atom is 0.236 e. The number of thioether (sulfide) groups is 1. The molecule has 0 saturated heterocycles. The predicted octanol–water partition coefficient (Wildman–Crippen LogP) is 6.25. The van der Waals surface area contributed by atoms with Gasteiger partial charge in [0.25, 0.3) is 0 Å². The van der Waals surface area contributed by atoms with Crippen LogP contribution in [0, 0.1) is 6.92 Å². The van der Waals surface area contributed by atoms with Gasteiger partial charge in [-0.05, 0) is 50.6 Å². The fraction of sp³-hybridized carbons (Fsp3) is 0.250. The summed E-state index contributed by atoms with van der Waals surface area (Å²) in [7, 11) is 0. The molecule has 0 radical (unpaired) electrons. The van der Waals surface area contributed by atoms with Crippen molar-refractivity contribution in [1.29, 1.82) is 0 Å². The molecular weight excluding hydrogens is 490 g/mol. The van der Waals surface area contributed by atoms with Gasteiger partial charge in [0, 0.05) is 22.5 Å². The smallest absolute Gasteiger partial charge is 0.236 e. The molecule has 2 aromatic carbocycles. The lowest BCUT2D eigenvalue weighted by atomic mass is 10.2. The molecule has 0 aliphatic rings. The van der Waals surface area contributed by atoms with E-state index in [2.05, 4.69) is 20.5 Å². The maximum atomic E-state index is 12.5. The number of anilines is 1. The molecule has 1 N–H and O–H groups in total. The molecule has 2 heterocycles. The summed E-state index contributed by atoms with van der Waals surface area (Å²) in [4.78, 5) is 17.0. The second kappa shape index (κ2) is 11.0. The summed E-state index contributed by atoms with van der Waals surface area (Å²) in [5, 5.41) is 15.3. The Morgan fingerprint density at radius 3 is 2.76 bits per heavy atom. The number of carbonyl (C=O) groups is 1. The van der Waals surface area contributed by atoms with Gasteiger partial charge in [-0.1, -0.05) is 47.6 Å². The Morgan fingerprint density at radius 2 is 2.03 bits per heavy atom. The molecule has 0 fully saturated rings. The fourth-order valence-electron chi connectivity index (χ4n) is 3.32. The van der Waals surface area contributed by atoms with Crippen LogP contribution < -0.4 is 10.1 Å². The van der Waals surface area contributed by atoms with Crippen molar-refractivity contribution >= 4 is 45.7 Å². The van der Waals surface area contributed by atoms with Crippen LogP contribution in [0.15, 0.2) is 59.1 Å². The molecule has 4 aromatic rings. The second-order valence-electron chi connectivity index (χ2n) is 7.54. The monoisotopic (exact) mass is 513 g/mol. The van der Waals surface area contributed by atoms with Crippen LogP contribution in [0.5, 0.6) is 5.75 Å². The second-order valence-corrected chi connectivity index (χ2v) is 9.78. The van der Waals surface area contributed by atoms with Gasteiger partial charge >= 0.3 is 0 Å². The Morgan fingerprint density at radius 1 is 1.24 bits per heavy atom. The Kier molecular flexibility index (Phi) is 7.87. The molecule has 4 rings (SSSR count). The molecule has 1 atom stereocenters. The summed E-state index contributed by atoms with van der Waals surface area (Å²) >= 11 is 8.66. The standard InChI is InChI=1S/C24H24ClN5O2S2/c1-4-30-22(16(3)32-19-7-5-6-15(2)12-19)28-29-24(30)34-14-21(31)27-23-26-20(13-33-23)17-8-10-18(25)11-9-17/h5-13,16H,4,14H2,1-3H3,(H,26,27,31). The van der Waals surface area contributed by atoms with Crippen LogP contribution >= 0.6 is 34.7 Å². The van der Waals surface area contributed by atoms with Crippen LogP contribution in [0.25, 0.3) is 11.3 Å². The van der Waals surface area contributed by atoms with Gasteiger partial charge < -0.3 is 14.6 Å². The number of hydrogen-bond acceptors (Lipinski definition) is 7. The molecule has 1 amide bonds. The maximum absolute atomic E-state index is 12.5. The molecule has 0 aliphatic carbocycles. The first-order valence-electron chi connectivity index (χ1n) is 10.7. The summed E-state index contributed by atoms with van der Waals surface area (Å²) in [6, 6.07) is 15.3. The van der Waals surface area contributed by atoms with Crippen LogP contribution in [0.2, 0.25) is 5.02 Å². The fourth-order valence-corrected chi connectivity index (χ4v) is 4.99. The lowest BCUT2D eigenvalue weighted by molar-refractivity contribution is -0.113. The van der Waals surface area contributed by atoms with Gasteiger partial charge in [0.15, 0.2) is 22.2 Å². The summed E-state index contributed by atoms with van der Waals surface area (Å²) in [5.74, 6) is 1.55. The Labute approximate surface area is 211 Å². The van der Waals surface area contributed by atoms with E-state index in [1.165, 1.54) is 23.1 Å². The topological polar surface area (TPSA) is 81.9 Å². The van der Waals surface area contributed by atoms with E-state index in [1.54, 1.807) is 0 Å². The number of benzene rings is 2. The highest BCUT2D eigenvalue weighted by Gasteiger charge is 2.20. The van der Waals surface area contributed by atoms with Crippen molar-refractivity contribution in [3.05, 3.63) is 70.3 Å². The minimum atomic E-state index is -0.279. The Balaban J connectivity index is 1.36. The summed E-state index contributed by atoms with van der Waals surface area (Å²) in [6.45, 7) is 6.66. The number of thiazole rings is 1. The van der Waals surface area contributed by atoms with Crippen LogP contribution in [0.1, 0.15) is 31.3 Å². The molecule has 0 saturated carbocycles. The highest BCUT2D eigenvalue weighted by atomic mass is 35.5. The number of ether oxygens (including phenoxy) is 1. The normalized spacial score (nSPS) is 11.9. The Hall–Kier alpha value is -2.88. The highest BCUT2D eigenvalue weighted by Crippen LogP contribution is 2.27. The van der Waals surface area contributed by atoms with E-state index in [4.69, 9.17) is 16.3 Å². The first-order chi connectivity index (χ1) is 16.4. The molecule has 34 heavy (non-hydrogen) atoms. The van der Waals surface area contributed by atoms with E-state index >= 15 is 0 Å². The number of nitrogens with zero attached hydrogens (tertiary/aromatic N) is 4. The average molecular weight is 514 g/mol. The number of halogens is 1. The summed E-state index contributed by atoms with van der Waals surface area (Å²) < 4.78 is 8.03. The number of hydrogen-bond donors (Lipinski definition) is 1. The zero-order valence-electron chi connectivity index (χ0n) is 19.0. The number of rotatable bonds is 9. The predicted molar refractivity (Wildman–Crippen MR) is 138 cm³/mol. The van der Waals surface area contributed by atoms with E-state index in [9.17, 15) is 4.79 Å². The molecule has 1 unspecified atom stereocenters. The largest absolute Gasteiger partial charge is 0.483 e. The lowest BCUT2D eigenvalue weighted by Gasteiger charge is -2.15. The van der Waals surface area contributed by atoms with Crippen LogP contribution in [-0.2, 0) is 11.3 Å². The van der Waals surface area contributed by atoms with Crippen LogP contribution in [0.3, 0.4) is 0 Å². The van der Waals surface area contributed by atoms with Crippen molar-refractivity contribution in [1.82, 2.24) is 19.7 Å². The third-order valence-electron chi connectivity index (χ3n) is 4.95. The molecule has 0 bridgehead atoms. The third kappa shape index (κ3) is 5.97. The van der Waals surface area contributed by atoms with E-state index in [0.717, 1.165) is 28.4 Å². The number of carbonyl (C=O) groups excluding carboxylic acids is 1. The summed E-state index contributed by atoms with van der Waals surface area (Å²) in [6.07, 6.45) is -0.279. The molecule has 2 aromatic heterocycles. The zero-order chi connectivity index (χ0) is 24.1. The lowest BCUT2D eigenvalue weighted by Crippen LogP contribution is -2.15. The first kappa shape index (κ1) is 24.3. The van der Waals surface area contributed by atoms with Gasteiger partial charge in [0.1, 0.15) is 5.75 Å². The molecule has 0 spiro atoms. The van der Waals surface area contributed by atoms with Gasteiger partial charge in [-0.25, -0.2) is 4.98 Å². The molecule has 176 valence electrons. The van der Waals surface area contributed by atoms with Crippen LogP contribution in [-0.4, -0.2) is 31.4 Å². The average Bonchev–Trinajstić information content (AvgIpc) is 3.45. The van der Waals surface area contributed by atoms with Gasteiger partial charge in [-0.15, -0.1) is 21.5 Å². The molecule has 7 nitrogen and oxygen atoms in total. The number of aryl methyl sites for hydroxylation is 1. The molecular formula is C24H24ClN5O2S2. The SMILES string of the molecule is CCn1c(SCC(=O)Nc2nc(-c3ccc(Cl)cc3)cs2)nnc1C(C)Oc1cccc(C)c1. The number of aromatic nitrogens is 4. The first-order valence-corrected chi connectivity index (χ1v) is 13.0. The van der Waals surface area contributed by atoms with Gasteiger partial charge in [0.2, 0.25) is 5.91 Å². The molecule has 10 heteroatoms. The number of nitrogens with one attached hydrogen (secondary N) is 1. The van der Waals surface area contributed by atoms with Crippen molar-refractivity contribution in [2.75, 3.05) is 11.1 Å².